The monoisotopic (exact) mass is 433 g/mol. The average Bonchev–Trinajstić information content (AvgIpc) is 2.53. The molecule has 0 amide bonds. The Balaban J connectivity index is 0.000000765. The summed E-state index contributed by atoms with van der Waals surface area (Å²) in [6.45, 7) is 1.80. The van der Waals surface area contributed by atoms with Gasteiger partial charge >= 0.3 is 0 Å². The van der Waals surface area contributed by atoms with E-state index in [0.29, 0.717) is 6.54 Å². The van der Waals surface area contributed by atoms with Gasteiger partial charge in [0.05, 0.1) is 6.54 Å². The highest BCUT2D eigenvalue weighted by atomic mass is 79.9. The molecule has 10 heteroatoms. The summed E-state index contributed by atoms with van der Waals surface area (Å²) in [4.78, 5) is 18.7. The van der Waals surface area contributed by atoms with Gasteiger partial charge in [0.25, 0.3) is 11.9 Å². The summed E-state index contributed by atoms with van der Waals surface area (Å²) in [5.74, 6) is -3.27. The first kappa shape index (κ1) is 21.8. The Morgan fingerprint density at radius 1 is 1.27 bits per heavy atom. The van der Waals surface area contributed by atoms with Crippen molar-refractivity contribution >= 4 is 33.8 Å². The van der Waals surface area contributed by atoms with Crippen molar-refractivity contribution in [1.82, 2.24) is 4.90 Å². The van der Waals surface area contributed by atoms with Gasteiger partial charge in [0.15, 0.2) is 5.96 Å². The molecule has 7 nitrogen and oxygen atoms in total. The number of hydrogen-bond acceptors (Lipinski definition) is 2. The van der Waals surface area contributed by atoms with Crippen molar-refractivity contribution in [2.45, 2.75) is 32.2 Å². The van der Waals surface area contributed by atoms with Gasteiger partial charge in [-0.2, -0.15) is 4.99 Å². The van der Waals surface area contributed by atoms with Crippen LogP contribution in [0.4, 0.5) is 8.78 Å². The molecule has 0 unspecified atom stereocenters. The Bertz CT molecular complexity index is 651. The van der Waals surface area contributed by atoms with Crippen LogP contribution in [0.15, 0.2) is 38.7 Å². The molecule has 144 valence electrons. The maximum atomic E-state index is 13.1. The van der Waals surface area contributed by atoms with Crippen LogP contribution in [-0.4, -0.2) is 46.9 Å². The lowest BCUT2D eigenvalue weighted by molar-refractivity contribution is -0.134. The zero-order valence-electron chi connectivity index (χ0n) is 14.3. The summed E-state index contributed by atoms with van der Waals surface area (Å²) in [7, 11) is 0. The highest BCUT2D eigenvalue weighted by Gasteiger charge is 2.34. The standard InChI is InChI=1S/C14H18BrF2N5.C2H4O2/c15-11-3-1-10(2-4-11)9-20-12(18)21-13(19)22-7-5-14(16,17)6-8-22;1-2(3)4/h1-4H,5-9H2,(H4,18,19,20,21);1H3,(H,3,4). The Morgan fingerprint density at radius 2 is 1.77 bits per heavy atom. The molecule has 1 saturated heterocycles. The number of guanidine groups is 2. The fourth-order valence-corrected chi connectivity index (χ4v) is 2.31. The van der Waals surface area contributed by atoms with Crippen molar-refractivity contribution in [3.05, 3.63) is 34.3 Å². The summed E-state index contributed by atoms with van der Waals surface area (Å²) in [5.41, 5.74) is 12.5. The summed E-state index contributed by atoms with van der Waals surface area (Å²) < 4.78 is 27.1. The maximum absolute atomic E-state index is 13.1. The van der Waals surface area contributed by atoms with Gasteiger partial charge in [-0.1, -0.05) is 28.1 Å². The van der Waals surface area contributed by atoms with Crippen molar-refractivity contribution in [3.8, 4) is 0 Å². The fourth-order valence-electron chi connectivity index (χ4n) is 2.05. The first-order valence-corrected chi connectivity index (χ1v) is 8.59. The van der Waals surface area contributed by atoms with Crippen molar-refractivity contribution in [2.24, 2.45) is 21.5 Å². The van der Waals surface area contributed by atoms with Crippen molar-refractivity contribution < 1.29 is 18.7 Å². The summed E-state index contributed by atoms with van der Waals surface area (Å²) >= 11 is 3.35. The Hall–Kier alpha value is -2.23. The molecule has 1 heterocycles. The van der Waals surface area contributed by atoms with Crippen LogP contribution in [0.2, 0.25) is 0 Å². The molecule has 1 aliphatic heterocycles. The van der Waals surface area contributed by atoms with Gasteiger partial charge in [-0.25, -0.2) is 13.8 Å². The third kappa shape index (κ3) is 8.75. The van der Waals surface area contributed by atoms with E-state index in [2.05, 4.69) is 25.9 Å². The van der Waals surface area contributed by atoms with Crippen LogP contribution in [-0.2, 0) is 11.3 Å². The molecule has 0 aliphatic carbocycles. The number of alkyl halides is 2. The number of carboxylic acids is 1. The Morgan fingerprint density at radius 3 is 2.27 bits per heavy atom. The molecule has 0 saturated carbocycles. The number of likely N-dealkylation sites (tertiary alicyclic amines) is 1. The second-order valence-corrected chi connectivity index (χ2v) is 6.55. The van der Waals surface area contributed by atoms with Gasteiger partial charge in [-0.15, -0.1) is 0 Å². The average molecular weight is 434 g/mol. The van der Waals surface area contributed by atoms with Crippen LogP contribution in [0.25, 0.3) is 0 Å². The van der Waals surface area contributed by atoms with Gasteiger partial charge in [-0.3, -0.25) is 4.79 Å². The topological polar surface area (TPSA) is 117 Å². The molecule has 1 fully saturated rings. The van der Waals surface area contributed by atoms with E-state index < -0.39 is 11.9 Å². The van der Waals surface area contributed by atoms with Gasteiger partial charge in [0.2, 0.25) is 5.96 Å². The van der Waals surface area contributed by atoms with Crippen LogP contribution in [0.1, 0.15) is 25.3 Å². The normalized spacial score (nSPS) is 17.3. The zero-order chi connectivity index (χ0) is 19.7. The molecule has 0 aromatic heterocycles. The fraction of sp³-hybridized carbons (Fsp3) is 0.438. The number of carbonyl (C=O) groups is 1. The van der Waals surface area contributed by atoms with E-state index in [0.717, 1.165) is 17.0 Å². The van der Waals surface area contributed by atoms with Crippen LogP contribution in [0, 0.1) is 0 Å². The lowest BCUT2D eigenvalue weighted by Gasteiger charge is -2.32. The number of carboxylic acid groups (broad SMARTS) is 1. The second kappa shape index (κ2) is 10.0. The van der Waals surface area contributed by atoms with Crippen molar-refractivity contribution in [1.29, 1.82) is 0 Å². The predicted molar refractivity (Wildman–Crippen MR) is 100 cm³/mol. The number of nitrogens with zero attached hydrogens (tertiary/aromatic N) is 3. The van der Waals surface area contributed by atoms with Crippen LogP contribution in [0.5, 0.6) is 0 Å². The molecule has 1 aliphatic rings. The molecule has 0 atom stereocenters. The zero-order valence-corrected chi connectivity index (χ0v) is 15.9. The highest BCUT2D eigenvalue weighted by Crippen LogP contribution is 2.27. The van der Waals surface area contributed by atoms with Gasteiger partial charge in [0.1, 0.15) is 0 Å². The third-order valence-electron chi connectivity index (χ3n) is 3.38. The van der Waals surface area contributed by atoms with Crippen LogP contribution >= 0.6 is 15.9 Å². The lowest BCUT2D eigenvalue weighted by atomic mass is 10.1. The predicted octanol–water partition coefficient (Wildman–Crippen LogP) is 2.40. The minimum Gasteiger partial charge on any atom is -0.481 e. The molecule has 1 aromatic carbocycles. The van der Waals surface area contributed by atoms with E-state index in [-0.39, 0.29) is 37.9 Å². The van der Waals surface area contributed by atoms with E-state index in [9.17, 15) is 8.78 Å². The van der Waals surface area contributed by atoms with Gasteiger partial charge < -0.3 is 21.5 Å². The van der Waals surface area contributed by atoms with E-state index in [1.54, 1.807) is 4.90 Å². The number of hydrogen-bond donors (Lipinski definition) is 3. The number of piperidine rings is 1. The molecular weight excluding hydrogens is 412 g/mol. The molecule has 26 heavy (non-hydrogen) atoms. The first-order valence-electron chi connectivity index (χ1n) is 7.80. The Kier molecular flexibility index (Phi) is 8.43. The Labute approximate surface area is 158 Å². The molecule has 0 bridgehead atoms. The molecule has 2 rings (SSSR count). The maximum Gasteiger partial charge on any atom is 0.300 e. The molecule has 5 N–H and O–H groups in total. The van der Waals surface area contributed by atoms with Crippen molar-refractivity contribution in [3.63, 3.8) is 0 Å². The largest absolute Gasteiger partial charge is 0.481 e. The summed E-state index contributed by atoms with van der Waals surface area (Å²) in [6, 6.07) is 7.65. The number of nitrogens with two attached hydrogens (primary N) is 2. The number of rotatable bonds is 2. The minimum atomic E-state index is -2.61. The summed E-state index contributed by atoms with van der Waals surface area (Å²) in [6.07, 6.45) is -0.446. The SMILES string of the molecule is CC(=O)O.NC(=NCc1ccc(Br)cc1)N=C(N)N1CCC(F)(F)CC1. The smallest absolute Gasteiger partial charge is 0.300 e. The quantitative estimate of drug-likeness (QED) is 0.488. The lowest BCUT2D eigenvalue weighted by Crippen LogP contribution is -2.46. The minimum absolute atomic E-state index is 0.0396. The molecule has 0 radical (unpaired) electrons. The van der Waals surface area contributed by atoms with E-state index in [4.69, 9.17) is 21.4 Å². The first-order chi connectivity index (χ1) is 12.1. The molecular formula is C16H22BrF2N5O2. The van der Waals surface area contributed by atoms with Gasteiger partial charge in [-0.05, 0) is 17.7 Å². The second-order valence-electron chi connectivity index (χ2n) is 5.63. The van der Waals surface area contributed by atoms with E-state index >= 15 is 0 Å². The number of aliphatic carboxylic acids is 1. The molecule has 1 aromatic rings. The third-order valence-corrected chi connectivity index (χ3v) is 3.91. The number of benzene rings is 1. The molecule has 0 spiro atoms. The van der Waals surface area contributed by atoms with Gasteiger partial charge in [0, 0.05) is 37.3 Å². The highest BCUT2D eigenvalue weighted by molar-refractivity contribution is 9.10. The number of halogens is 3. The van der Waals surface area contributed by atoms with Crippen LogP contribution < -0.4 is 11.5 Å². The van der Waals surface area contributed by atoms with Crippen molar-refractivity contribution in [2.75, 3.05) is 13.1 Å². The van der Waals surface area contributed by atoms with Crippen LogP contribution in [0.3, 0.4) is 0 Å². The number of aliphatic imine (C=N–C) groups is 2. The van der Waals surface area contributed by atoms with E-state index in [1.165, 1.54) is 0 Å². The van der Waals surface area contributed by atoms with E-state index in [1.807, 2.05) is 24.3 Å². The summed E-state index contributed by atoms with van der Waals surface area (Å²) in [5, 5.41) is 7.42.